The summed E-state index contributed by atoms with van der Waals surface area (Å²) < 4.78 is 0. The summed E-state index contributed by atoms with van der Waals surface area (Å²) in [5.41, 5.74) is 13.2. The molecule has 3 atom stereocenters. The number of Topliss-reactive ketones (excluding diaryl/α,β-unsaturated/α-hetero) is 2. The molecule has 5 heterocycles. The van der Waals surface area contributed by atoms with Gasteiger partial charge in [-0.25, -0.2) is 9.97 Å². The number of piperidine rings is 1. The van der Waals surface area contributed by atoms with E-state index in [2.05, 4.69) is 189 Å². The van der Waals surface area contributed by atoms with Gasteiger partial charge in [-0.15, -0.1) is 34.0 Å². The fourth-order valence-electron chi connectivity index (χ4n) is 10.5. The molecule has 10 rings (SSSR count). The van der Waals surface area contributed by atoms with Gasteiger partial charge in [-0.2, -0.15) is 0 Å². The van der Waals surface area contributed by atoms with E-state index in [9.17, 15) is 24.9 Å². The summed E-state index contributed by atoms with van der Waals surface area (Å²) in [6.45, 7) is 21.9. The van der Waals surface area contributed by atoms with Crippen LogP contribution in [0.2, 0.25) is 0 Å². The van der Waals surface area contributed by atoms with Crippen molar-refractivity contribution >= 4 is 74.3 Å². The molecule has 87 heavy (non-hydrogen) atoms. The third kappa shape index (κ3) is 18.6. The van der Waals surface area contributed by atoms with Crippen LogP contribution in [0.1, 0.15) is 170 Å². The molecule has 5 aromatic carbocycles. The van der Waals surface area contributed by atoms with Crippen LogP contribution in [0, 0.1) is 5.92 Å². The lowest BCUT2D eigenvalue weighted by Crippen LogP contribution is -2.40. The second kappa shape index (κ2) is 32.0. The lowest BCUT2D eigenvalue weighted by atomic mass is 9.97. The van der Waals surface area contributed by atoms with Crippen molar-refractivity contribution < 1.29 is 24.9 Å². The normalized spacial score (nSPS) is 13.8. The summed E-state index contributed by atoms with van der Waals surface area (Å²) in [7, 11) is 0. The maximum Gasteiger partial charge on any atom is 0.227 e. The standard InChI is InChI=1S/C25H29NOS.C25H28O2S.C24H28N4O2S/c1-5-18(6-2)25(27)24-14-13-23(28-24)20-10-8-12-22(16-20)26-21-11-7-9-19(15-21)17(3)4;1-17(2)21-8-4-6-19(15-21)14-20-7-5-9-22(16-20)24-12-13-25(28-24)23(27)11-10-18(3)26;1-16(28-13-4-3-8-20(28)15-29)22-9-10-23(31-22)21-11-12-25-24(27-21)26-19-7-5-6-18(14-19)17(2)30/h7-18,26H,5-6H2,1-4H3;4-9,12-13,15-18,26H,10-11,14H2,1-3H3;5-7,9-12,14,17,20,29-30H,1,3-4,8,13,15H2,2H3,(H,25,26,27). The van der Waals surface area contributed by atoms with Gasteiger partial charge < -0.3 is 30.9 Å². The van der Waals surface area contributed by atoms with Crippen molar-refractivity contribution in [2.45, 2.75) is 137 Å². The maximum atomic E-state index is 12.6. The number of hydrogen-bond acceptors (Lipinski definition) is 13. The Labute approximate surface area is 527 Å². The summed E-state index contributed by atoms with van der Waals surface area (Å²) in [5, 5.41) is 35.6. The Hall–Kier alpha value is -7.36. The largest absolute Gasteiger partial charge is 0.394 e. The van der Waals surface area contributed by atoms with Crippen molar-refractivity contribution in [3.8, 4) is 31.5 Å². The van der Waals surface area contributed by atoms with Crippen LogP contribution < -0.4 is 10.6 Å². The number of aromatic nitrogens is 2. The Morgan fingerprint density at radius 3 is 1.84 bits per heavy atom. The first-order valence-corrected chi connectivity index (χ1v) is 33.1. The molecule has 0 radical (unpaired) electrons. The van der Waals surface area contributed by atoms with E-state index in [0.29, 0.717) is 30.6 Å². The molecular formula is C74H85N5O5S3. The van der Waals surface area contributed by atoms with Crippen LogP contribution in [0.5, 0.6) is 0 Å². The third-order valence-electron chi connectivity index (χ3n) is 15.7. The fourth-order valence-corrected chi connectivity index (χ4v) is 13.4. The van der Waals surface area contributed by atoms with Crippen LogP contribution in [-0.2, 0) is 6.42 Å². The molecule has 13 heteroatoms. The average Bonchev–Trinajstić information content (AvgIpc) is 4.58. The second-order valence-corrected chi connectivity index (χ2v) is 26.4. The molecule has 1 fully saturated rings. The first-order chi connectivity index (χ1) is 42.0. The van der Waals surface area contributed by atoms with Crippen LogP contribution in [-0.4, -0.2) is 67.1 Å². The van der Waals surface area contributed by atoms with Crippen LogP contribution in [0.4, 0.5) is 23.0 Å². The molecular weight excluding hydrogens is 1140 g/mol. The highest BCUT2D eigenvalue weighted by Gasteiger charge is 2.25. The zero-order chi connectivity index (χ0) is 62.0. The van der Waals surface area contributed by atoms with Gasteiger partial charge in [0.25, 0.3) is 0 Å². The number of nitrogens with one attached hydrogen (secondary N) is 2. The number of aliphatic hydroxyl groups excluding tert-OH is 3. The van der Waals surface area contributed by atoms with Crippen LogP contribution in [0.3, 0.4) is 0 Å². The highest BCUT2D eigenvalue weighted by atomic mass is 32.1. The van der Waals surface area contributed by atoms with Crippen molar-refractivity contribution in [1.82, 2.24) is 14.9 Å². The molecule has 1 aliphatic heterocycles. The predicted molar refractivity (Wildman–Crippen MR) is 366 cm³/mol. The molecule has 10 nitrogen and oxygen atoms in total. The molecule has 0 amide bonds. The van der Waals surface area contributed by atoms with Gasteiger partial charge in [0.05, 0.1) is 50.1 Å². The number of likely N-dealkylation sites (tertiary alicyclic amines) is 1. The van der Waals surface area contributed by atoms with Crippen LogP contribution >= 0.6 is 34.0 Å². The number of nitrogens with zero attached hydrogens (tertiary/aromatic N) is 3. The first-order valence-electron chi connectivity index (χ1n) is 30.6. The van der Waals surface area contributed by atoms with Gasteiger partial charge in [0.2, 0.25) is 5.95 Å². The molecule has 1 aliphatic rings. The number of benzene rings is 5. The summed E-state index contributed by atoms with van der Waals surface area (Å²) in [6.07, 6.45) is 7.67. The van der Waals surface area contributed by atoms with Crippen LogP contribution in [0.15, 0.2) is 177 Å². The Morgan fingerprint density at radius 1 is 0.621 bits per heavy atom. The Kier molecular flexibility index (Phi) is 24.2. The van der Waals surface area contributed by atoms with Gasteiger partial charge in [0.1, 0.15) is 0 Å². The van der Waals surface area contributed by atoms with Gasteiger partial charge in [-0.3, -0.25) is 9.59 Å². The van der Waals surface area contributed by atoms with E-state index < -0.39 is 12.2 Å². The highest BCUT2D eigenvalue weighted by Crippen LogP contribution is 2.37. The topological polar surface area (TPSA) is 148 Å². The molecule has 0 aliphatic carbocycles. The summed E-state index contributed by atoms with van der Waals surface area (Å²) in [5.74, 6) is 2.06. The minimum atomic E-state index is -0.531. The number of ketones is 2. The third-order valence-corrected chi connectivity index (χ3v) is 19.2. The summed E-state index contributed by atoms with van der Waals surface area (Å²) in [4.78, 5) is 42.2. The average molecular weight is 1220 g/mol. The molecule has 4 aromatic heterocycles. The number of anilines is 4. The van der Waals surface area contributed by atoms with Crippen molar-refractivity contribution in [3.05, 3.63) is 219 Å². The van der Waals surface area contributed by atoms with Crippen LogP contribution in [0.25, 0.3) is 37.1 Å². The Morgan fingerprint density at radius 2 is 1.17 bits per heavy atom. The summed E-state index contributed by atoms with van der Waals surface area (Å²) >= 11 is 4.78. The smallest absolute Gasteiger partial charge is 0.227 e. The molecule has 0 spiro atoms. The highest BCUT2D eigenvalue weighted by molar-refractivity contribution is 7.18. The number of hydrogen-bond donors (Lipinski definition) is 5. The van der Waals surface area contributed by atoms with E-state index >= 15 is 0 Å². The van der Waals surface area contributed by atoms with Gasteiger partial charge in [-0.05, 0) is 188 Å². The van der Waals surface area contributed by atoms with E-state index in [4.69, 9.17) is 0 Å². The summed E-state index contributed by atoms with van der Waals surface area (Å²) in [6, 6.07) is 56.1. The number of thiophene rings is 3. The lowest BCUT2D eigenvalue weighted by molar-refractivity contribution is 0.0916. The Bertz CT molecular complexity index is 3680. The number of carbonyl (C=O) groups excluding carboxylic acids is 2. The predicted octanol–water partition coefficient (Wildman–Crippen LogP) is 19.2. The number of carbonyl (C=O) groups is 2. The maximum absolute atomic E-state index is 12.6. The molecule has 0 bridgehead atoms. The zero-order valence-electron chi connectivity index (χ0n) is 51.6. The van der Waals surface area contributed by atoms with Crippen molar-refractivity contribution in [2.24, 2.45) is 5.92 Å². The molecule has 1 saturated heterocycles. The zero-order valence-corrected chi connectivity index (χ0v) is 54.1. The lowest BCUT2D eigenvalue weighted by Gasteiger charge is -2.37. The second-order valence-electron chi connectivity index (χ2n) is 23.1. The van der Waals surface area contributed by atoms with Crippen molar-refractivity contribution in [1.29, 1.82) is 0 Å². The van der Waals surface area contributed by atoms with E-state index in [-0.39, 0.29) is 30.1 Å². The number of aliphatic hydroxyl groups is 3. The fraction of sp³-hybridized carbons (Fsp3) is 0.324. The van der Waals surface area contributed by atoms with E-state index in [1.807, 2.05) is 48.5 Å². The quantitative estimate of drug-likeness (QED) is 0.0392. The Balaban J connectivity index is 0.000000170. The van der Waals surface area contributed by atoms with Crippen molar-refractivity contribution in [2.75, 3.05) is 23.8 Å². The van der Waals surface area contributed by atoms with Gasteiger partial charge in [-0.1, -0.05) is 133 Å². The van der Waals surface area contributed by atoms with Gasteiger partial charge in [0, 0.05) is 57.6 Å². The molecule has 9 aromatic rings. The minimum Gasteiger partial charge on any atom is -0.394 e. The van der Waals surface area contributed by atoms with Gasteiger partial charge >= 0.3 is 0 Å². The van der Waals surface area contributed by atoms with E-state index in [1.165, 1.54) is 33.6 Å². The molecule has 5 N–H and O–H groups in total. The first kappa shape index (κ1) is 65.6. The monoisotopic (exact) mass is 1220 g/mol. The molecule has 0 saturated carbocycles. The molecule has 454 valence electrons. The van der Waals surface area contributed by atoms with Crippen molar-refractivity contribution in [3.63, 3.8) is 0 Å². The van der Waals surface area contributed by atoms with E-state index in [1.54, 1.807) is 42.7 Å². The van der Waals surface area contributed by atoms with Gasteiger partial charge in [0.15, 0.2) is 11.6 Å². The molecule has 3 unspecified atom stereocenters. The SMILES string of the molecule is C=C(c1ccc(-c2ccnc(Nc3cccc(C(C)O)c3)n2)s1)N1CCCCC1CO.CC(O)CCC(=O)c1ccc(-c2cccc(Cc3cccc(C(C)C)c3)c2)s1.CCC(CC)C(=O)c1ccc(-c2cccc(Nc3cccc(C(C)C)c3)c2)s1. The van der Waals surface area contributed by atoms with E-state index in [0.717, 1.165) is 119 Å². The minimum absolute atomic E-state index is 0.110. The number of rotatable bonds is 23.